The average molecular weight is 475 g/mol. The molecular weight excluding hydrogens is 440 g/mol. The first kappa shape index (κ1) is 25.1. The maximum Gasteiger partial charge on any atom is 0.186 e. The lowest BCUT2D eigenvalue weighted by Crippen LogP contribution is -2.53. The highest BCUT2D eigenvalue weighted by Crippen LogP contribution is 2.33. The molecule has 0 radical (unpaired) electrons. The third kappa shape index (κ3) is 7.03. The molecule has 0 N–H and O–H groups in total. The molecule has 184 valence electrons. The SMILES string of the molecule is CCC1O[C@@H](OC)[C@H](OCc2ccccc2)[C@@H](OCc2ccccc2)/C1=C\OCc1ccccc1. The van der Waals surface area contributed by atoms with Gasteiger partial charge >= 0.3 is 0 Å². The second-order valence-electron chi connectivity index (χ2n) is 8.53. The molecule has 0 saturated carbocycles. The Morgan fingerprint density at radius 3 is 1.74 bits per heavy atom. The van der Waals surface area contributed by atoms with Gasteiger partial charge in [0.1, 0.15) is 18.8 Å². The zero-order valence-corrected chi connectivity index (χ0v) is 20.4. The molecule has 0 spiro atoms. The number of hydrogen-bond acceptors (Lipinski definition) is 5. The van der Waals surface area contributed by atoms with Crippen LogP contribution in [0.25, 0.3) is 0 Å². The van der Waals surface area contributed by atoms with Crippen molar-refractivity contribution in [3.63, 3.8) is 0 Å². The first-order chi connectivity index (χ1) is 17.3. The summed E-state index contributed by atoms with van der Waals surface area (Å²) in [7, 11) is 1.64. The van der Waals surface area contributed by atoms with Crippen LogP contribution in [0.1, 0.15) is 30.0 Å². The minimum atomic E-state index is -0.560. The van der Waals surface area contributed by atoms with E-state index in [1.165, 1.54) is 0 Å². The van der Waals surface area contributed by atoms with Crippen LogP contribution in [0.15, 0.2) is 103 Å². The molecule has 4 atom stereocenters. The monoisotopic (exact) mass is 474 g/mol. The molecule has 0 aromatic heterocycles. The van der Waals surface area contributed by atoms with E-state index in [0.717, 1.165) is 28.7 Å². The van der Waals surface area contributed by atoms with Crippen LogP contribution < -0.4 is 0 Å². The predicted octanol–water partition coefficient (Wildman–Crippen LogP) is 6.04. The van der Waals surface area contributed by atoms with E-state index in [4.69, 9.17) is 23.7 Å². The van der Waals surface area contributed by atoms with Crippen molar-refractivity contribution in [2.75, 3.05) is 7.11 Å². The highest BCUT2D eigenvalue weighted by atomic mass is 16.7. The molecule has 35 heavy (non-hydrogen) atoms. The Bertz CT molecular complexity index is 1020. The van der Waals surface area contributed by atoms with Crippen molar-refractivity contribution < 1.29 is 23.7 Å². The lowest BCUT2D eigenvalue weighted by Gasteiger charge is -2.42. The summed E-state index contributed by atoms with van der Waals surface area (Å²) < 4.78 is 31.0. The van der Waals surface area contributed by atoms with Gasteiger partial charge in [-0.15, -0.1) is 0 Å². The van der Waals surface area contributed by atoms with E-state index in [1.54, 1.807) is 13.4 Å². The van der Waals surface area contributed by atoms with Gasteiger partial charge in [-0.25, -0.2) is 0 Å². The second kappa shape index (κ2) is 13.2. The maximum atomic E-state index is 6.52. The highest BCUT2D eigenvalue weighted by Gasteiger charge is 2.44. The molecule has 5 nitrogen and oxygen atoms in total. The molecule has 1 unspecified atom stereocenters. The molecule has 5 heteroatoms. The summed E-state index contributed by atoms with van der Waals surface area (Å²) in [6.45, 7) is 3.42. The van der Waals surface area contributed by atoms with Crippen LogP contribution in [0.5, 0.6) is 0 Å². The van der Waals surface area contributed by atoms with Gasteiger partial charge in [0.05, 0.1) is 25.6 Å². The first-order valence-corrected chi connectivity index (χ1v) is 12.1. The summed E-state index contributed by atoms with van der Waals surface area (Å²) in [5, 5.41) is 0. The molecule has 0 bridgehead atoms. The van der Waals surface area contributed by atoms with E-state index < -0.39 is 18.5 Å². The second-order valence-corrected chi connectivity index (χ2v) is 8.53. The number of benzene rings is 3. The molecule has 3 aromatic rings. The van der Waals surface area contributed by atoms with E-state index in [0.29, 0.717) is 19.8 Å². The zero-order valence-electron chi connectivity index (χ0n) is 20.4. The standard InChI is InChI=1S/C30H34O5/c1-3-27-26(22-32-19-23-13-7-4-8-14-23)28(33-20-24-15-9-5-10-16-24)29(30(31-2)35-27)34-21-25-17-11-6-12-18-25/h4-18,22,27-30H,3,19-21H2,1-2H3/b26-22-/t27?,28-,29+,30+/m0/s1. The lowest BCUT2D eigenvalue weighted by atomic mass is 9.94. The van der Waals surface area contributed by atoms with Crippen LogP contribution in [0.3, 0.4) is 0 Å². The predicted molar refractivity (Wildman–Crippen MR) is 135 cm³/mol. The third-order valence-corrected chi connectivity index (χ3v) is 6.04. The molecule has 0 amide bonds. The lowest BCUT2D eigenvalue weighted by molar-refractivity contribution is -0.261. The summed E-state index contributed by atoms with van der Waals surface area (Å²) in [5.74, 6) is 0. The Morgan fingerprint density at radius 2 is 1.23 bits per heavy atom. The Hall–Kier alpha value is -2.96. The van der Waals surface area contributed by atoms with Gasteiger partial charge < -0.3 is 23.7 Å². The zero-order chi connectivity index (χ0) is 24.3. The van der Waals surface area contributed by atoms with Gasteiger partial charge in [-0.2, -0.15) is 0 Å². The molecule has 1 heterocycles. The third-order valence-electron chi connectivity index (χ3n) is 6.04. The summed E-state index contributed by atoms with van der Waals surface area (Å²) in [6.07, 6.45) is 0.943. The Kier molecular flexibility index (Phi) is 9.49. The Morgan fingerprint density at radius 1 is 0.714 bits per heavy atom. The van der Waals surface area contributed by atoms with Gasteiger partial charge in [0, 0.05) is 12.7 Å². The first-order valence-electron chi connectivity index (χ1n) is 12.1. The van der Waals surface area contributed by atoms with Crippen molar-refractivity contribution in [1.29, 1.82) is 0 Å². The van der Waals surface area contributed by atoms with Crippen LogP contribution >= 0.6 is 0 Å². The number of ether oxygens (including phenoxy) is 5. The van der Waals surface area contributed by atoms with Gasteiger partial charge in [-0.1, -0.05) is 97.9 Å². The van der Waals surface area contributed by atoms with Gasteiger partial charge in [-0.3, -0.25) is 0 Å². The molecule has 4 rings (SSSR count). The Labute approximate surface area is 208 Å². The van der Waals surface area contributed by atoms with E-state index in [1.807, 2.05) is 78.9 Å². The van der Waals surface area contributed by atoms with Crippen LogP contribution in [-0.4, -0.2) is 31.7 Å². The maximum absolute atomic E-state index is 6.52. The van der Waals surface area contributed by atoms with Gasteiger partial charge in [-0.05, 0) is 23.1 Å². The average Bonchev–Trinajstić information content (AvgIpc) is 2.92. The number of rotatable bonds is 11. The fraction of sp³-hybridized carbons (Fsp3) is 0.333. The van der Waals surface area contributed by atoms with Gasteiger partial charge in [0.2, 0.25) is 0 Å². The van der Waals surface area contributed by atoms with Crippen molar-refractivity contribution in [2.45, 2.75) is 57.8 Å². The fourth-order valence-electron chi connectivity index (χ4n) is 4.19. The summed E-state index contributed by atoms with van der Waals surface area (Å²) in [5.41, 5.74) is 4.19. The van der Waals surface area contributed by atoms with E-state index in [2.05, 4.69) is 19.1 Å². The highest BCUT2D eigenvalue weighted by molar-refractivity contribution is 5.20. The van der Waals surface area contributed by atoms with Gasteiger partial charge in [0.15, 0.2) is 6.29 Å². The molecule has 1 fully saturated rings. The van der Waals surface area contributed by atoms with Crippen molar-refractivity contribution in [3.8, 4) is 0 Å². The molecule has 0 aliphatic carbocycles. The van der Waals surface area contributed by atoms with Crippen LogP contribution in [0, 0.1) is 0 Å². The normalized spacial score (nSPS) is 23.3. The van der Waals surface area contributed by atoms with Crippen molar-refractivity contribution in [2.24, 2.45) is 0 Å². The van der Waals surface area contributed by atoms with E-state index in [-0.39, 0.29) is 6.10 Å². The van der Waals surface area contributed by atoms with Gasteiger partial charge in [0.25, 0.3) is 0 Å². The van der Waals surface area contributed by atoms with Crippen molar-refractivity contribution >= 4 is 0 Å². The molecule has 3 aromatic carbocycles. The Balaban J connectivity index is 1.57. The summed E-state index contributed by atoms with van der Waals surface area (Å²) in [6, 6.07) is 30.3. The minimum Gasteiger partial charge on any atom is -0.496 e. The van der Waals surface area contributed by atoms with Crippen LogP contribution in [0.4, 0.5) is 0 Å². The smallest absolute Gasteiger partial charge is 0.186 e. The molecule has 1 aliphatic heterocycles. The summed E-state index contributed by atoms with van der Waals surface area (Å²) >= 11 is 0. The van der Waals surface area contributed by atoms with E-state index >= 15 is 0 Å². The fourth-order valence-corrected chi connectivity index (χ4v) is 4.19. The summed E-state index contributed by atoms with van der Waals surface area (Å²) in [4.78, 5) is 0. The quantitative estimate of drug-likeness (QED) is 0.317. The van der Waals surface area contributed by atoms with E-state index in [9.17, 15) is 0 Å². The number of hydrogen-bond donors (Lipinski definition) is 0. The molecular formula is C30H34O5. The minimum absolute atomic E-state index is 0.201. The molecule has 1 aliphatic rings. The van der Waals surface area contributed by atoms with Crippen molar-refractivity contribution in [3.05, 3.63) is 120 Å². The number of methoxy groups -OCH3 is 1. The topological polar surface area (TPSA) is 46.2 Å². The largest absolute Gasteiger partial charge is 0.496 e. The van der Waals surface area contributed by atoms with Crippen LogP contribution in [0.2, 0.25) is 0 Å². The van der Waals surface area contributed by atoms with Crippen LogP contribution in [-0.2, 0) is 43.5 Å². The molecule has 1 saturated heterocycles. The van der Waals surface area contributed by atoms with Crippen molar-refractivity contribution in [1.82, 2.24) is 0 Å².